The average molecular weight is 377 g/mol. The summed E-state index contributed by atoms with van der Waals surface area (Å²) in [6.45, 7) is 7.77. The second kappa shape index (κ2) is 8.85. The van der Waals surface area contributed by atoms with Crippen LogP contribution >= 0.6 is 0 Å². The molecule has 28 heavy (non-hydrogen) atoms. The zero-order valence-electron chi connectivity index (χ0n) is 16.2. The maximum Gasteiger partial charge on any atom is 0.320 e. The fourth-order valence-corrected chi connectivity index (χ4v) is 2.72. The molecule has 2 aromatic carbocycles. The standard InChI is InChI=1S/C19H17N5O2.C2H6/c1-3-16-15-11-13(7-8-17(15)22-21-16)20-19-24-23-18(26-19)10-12-5-4-6-14(9-12)25-2;1-2/h3-9,11H,1,10H2,2H3,(H,20,24)(H,21,22);1-2H3. The zero-order valence-corrected chi connectivity index (χ0v) is 16.2. The Balaban J connectivity index is 0.00000109. The van der Waals surface area contributed by atoms with Crippen molar-refractivity contribution in [2.45, 2.75) is 20.3 Å². The molecule has 4 aromatic rings. The van der Waals surface area contributed by atoms with E-state index in [0.717, 1.165) is 33.6 Å². The van der Waals surface area contributed by atoms with E-state index in [9.17, 15) is 0 Å². The summed E-state index contributed by atoms with van der Waals surface area (Å²) in [5, 5.41) is 19.4. The number of anilines is 2. The van der Waals surface area contributed by atoms with E-state index in [2.05, 4.69) is 32.3 Å². The molecule has 0 bridgehead atoms. The van der Waals surface area contributed by atoms with Crippen molar-refractivity contribution in [1.82, 2.24) is 20.4 Å². The quantitative estimate of drug-likeness (QED) is 0.494. The van der Waals surface area contributed by atoms with E-state index in [-0.39, 0.29) is 0 Å². The molecule has 0 radical (unpaired) electrons. The van der Waals surface area contributed by atoms with Crippen molar-refractivity contribution in [3.8, 4) is 5.75 Å². The highest BCUT2D eigenvalue weighted by molar-refractivity contribution is 5.89. The summed E-state index contributed by atoms with van der Waals surface area (Å²) < 4.78 is 10.9. The van der Waals surface area contributed by atoms with Gasteiger partial charge in [-0.25, -0.2) is 0 Å². The summed E-state index contributed by atoms with van der Waals surface area (Å²) >= 11 is 0. The summed E-state index contributed by atoms with van der Waals surface area (Å²) in [5.74, 6) is 1.32. The van der Waals surface area contributed by atoms with Crippen LogP contribution < -0.4 is 10.1 Å². The van der Waals surface area contributed by atoms with Crippen LogP contribution in [0.3, 0.4) is 0 Å². The Bertz CT molecular complexity index is 1070. The Kier molecular flexibility index (Phi) is 6.06. The van der Waals surface area contributed by atoms with Gasteiger partial charge in [-0.1, -0.05) is 37.7 Å². The SMILES string of the molecule is C=Cc1n[nH]c2ccc(Nc3nnc(Cc4cccc(OC)c4)o3)cc12.CC. The van der Waals surface area contributed by atoms with Crippen molar-refractivity contribution >= 4 is 28.7 Å². The maximum absolute atomic E-state index is 5.70. The van der Waals surface area contributed by atoms with E-state index in [1.54, 1.807) is 13.2 Å². The van der Waals surface area contributed by atoms with E-state index in [4.69, 9.17) is 9.15 Å². The zero-order chi connectivity index (χ0) is 19.9. The van der Waals surface area contributed by atoms with Crippen molar-refractivity contribution in [1.29, 1.82) is 0 Å². The Morgan fingerprint density at radius 2 is 2.04 bits per heavy atom. The van der Waals surface area contributed by atoms with Crippen LogP contribution in [0.25, 0.3) is 17.0 Å². The lowest BCUT2D eigenvalue weighted by molar-refractivity contribution is 0.414. The minimum atomic E-state index is 0.339. The van der Waals surface area contributed by atoms with Crippen LogP contribution in [0.2, 0.25) is 0 Å². The van der Waals surface area contributed by atoms with Gasteiger partial charge in [-0.15, -0.1) is 5.10 Å². The van der Waals surface area contributed by atoms with Crippen molar-refractivity contribution < 1.29 is 9.15 Å². The van der Waals surface area contributed by atoms with Gasteiger partial charge in [0.25, 0.3) is 0 Å². The van der Waals surface area contributed by atoms with Crippen molar-refractivity contribution in [3.63, 3.8) is 0 Å². The molecule has 4 rings (SSSR count). The van der Waals surface area contributed by atoms with E-state index < -0.39 is 0 Å². The largest absolute Gasteiger partial charge is 0.497 e. The van der Waals surface area contributed by atoms with Gasteiger partial charge in [-0.05, 0) is 42.0 Å². The number of benzene rings is 2. The number of nitrogens with one attached hydrogen (secondary N) is 2. The smallest absolute Gasteiger partial charge is 0.320 e. The van der Waals surface area contributed by atoms with Gasteiger partial charge in [0.05, 0.1) is 24.7 Å². The lowest BCUT2D eigenvalue weighted by Crippen LogP contribution is -1.90. The molecule has 2 heterocycles. The second-order valence-electron chi connectivity index (χ2n) is 5.73. The van der Waals surface area contributed by atoms with E-state index in [1.807, 2.05) is 56.3 Å². The maximum atomic E-state index is 5.70. The van der Waals surface area contributed by atoms with Gasteiger partial charge in [-0.3, -0.25) is 5.10 Å². The molecule has 0 fully saturated rings. The predicted octanol–water partition coefficient (Wildman–Crippen LogP) is 4.96. The third-order valence-electron chi connectivity index (χ3n) is 3.99. The topological polar surface area (TPSA) is 88.9 Å². The van der Waals surface area contributed by atoms with E-state index >= 15 is 0 Å². The molecule has 144 valence electrons. The number of hydrogen-bond acceptors (Lipinski definition) is 6. The Hall–Kier alpha value is -3.61. The van der Waals surface area contributed by atoms with Crippen LogP contribution in [0, 0.1) is 0 Å². The van der Waals surface area contributed by atoms with Gasteiger partial charge in [-0.2, -0.15) is 5.10 Å². The number of aromatic nitrogens is 4. The first kappa shape index (κ1) is 19.2. The molecule has 7 heteroatoms. The summed E-state index contributed by atoms with van der Waals surface area (Å²) in [5.41, 5.74) is 3.61. The minimum absolute atomic E-state index is 0.339. The number of fused-ring (bicyclic) bond motifs is 1. The van der Waals surface area contributed by atoms with Crippen molar-refractivity contribution in [2.24, 2.45) is 0 Å². The minimum Gasteiger partial charge on any atom is -0.497 e. The van der Waals surface area contributed by atoms with Crippen LogP contribution in [0.4, 0.5) is 11.7 Å². The number of aromatic amines is 1. The van der Waals surface area contributed by atoms with Crippen LogP contribution in [0.5, 0.6) is 5.75 Å². The highest BCUT2D eigenvalue weighted by Crippen LogP contribution is 2.24. The molecular weight excluding hydrogens is 354 g/mol. The van der Waals surface area contributed by atoms with Gasteiger partial charge >= 0.3 is 6.01 Å². The van der Waals surface area contributed by atoms with Crippen LogP contribution in [0.15, 0.2) is 53.5 Å². The second-order valence-corrected chi connectivity index (χ2v) is 5.73. The molecule has 0 saturated heterocycles. The van der Waals surface area contributed by atoms with E-state index in [0.29, 0.717) is 18.3 Å². The summed E-state index contributed by atoms with van der Waals surface area (Å²) in [7, 11) is 1.64. The van der Waals surface area contributed by atoms with Crippen molar-refractivity contribution in [2.75, 3.05) is 12.4 Å². The number of methoxy groups -OCH3 is 1. The van der Waals surface area contributed by atoms with Gasteiger partial charge in [0.1, 0.15) is 5.75 Å². The fraction of sp³-hybridized carbons (Fsp3) is 0.190. The normalized spacial score (nSPS) is 10.2. The Morgan fingerprint density at radius 1 is 1.18 bits per heavy atom. The fourth-order valence-electron chi connectivity index (χ4n) is 2.72. The number of nitrogens with zero attached hydrogens (tertiary/aromatic N) is 3. The number of hydrogen-bond donors (Lipinski definition) is 2. The molecule has 2 N–H and O–H groups in total. The highest BCUT2D eigenvalue weighted by atomic mass is 16.5. The van der Waals surface area contributed by atoms with Crippen LogP contribution in [-0.4, -0.2) is 27.5 Å². The summed E-state index contributed by atoms with van der Waals surface area (Å²) in [4.78, 5) is 0. The number of H-pyrrole nitrogens is 1. The molecule has 0 atom stereocenters. The molecule has 2 aromatic heterocycles. The molecule has 7 nitrogen and oxygen atoms in total. The monoisotopic (exact) mass is 377 g/mol. The van der Waals surface area contributed by atoms with Gasteiger partial charge < -0.3 is 14.5 Å². The number of ether oxygens (including phenoxy) is 1. The highest BCUT2D eigenvalue weighted by Gasteiger charge is 2.09. The lowest BCUT2D eigenvalue weighted by Gasteiger charge is -2.02. The lowest BCUT2D eigenvalue weighted by atomic mass is 10.1. The van der Waals surface area contributed by atoms with Gasteiger partial charge in [0.15, 0.2) is 0 Å². The first-order chi connectivity index (χ1) is 13.7. The average Bonchev–Trinajstić information content (AvgIpc) is 3.35. The van der Waals surface area contributed by atoms with Crippen molar-refractivity contribution in [3.05, 3.63) is 66.2 Å². The molecular formula is C21H23N5O2. The summed E-state index contributed by atoms with van der Waals surface area (Å²) in [6.07, 6.45) is 2.24. The van der Waals surface area contributed by atoms with Crippen LogP contribution in [0.1, 0.15) is 31.0 Å². The molecule has 0 spiro atoms. The molecule has 0 aliphatic heterocycles. The molecule has 0 saturated carbocycles. The summed E-state index contributed by atoms with van der Waals surface area (Å²) in [6, 6.07) is 13.9. The molecule has 0 unspecified atom stereocenters. The van der Waals surface area contributed by atoms with Gasteiger partial charge in [0.2, 0.25) is 5.89 Å². The first-order valence-corrected chi connectivity index (χ1v) is 9.08. The van der Waals surface area contributed by atoms with Crippen LogP contribution in [-0.2, 0) is 6.42 Å². The Morgan fingerprint density at radius 3 is 2.82 bits per heavy atom. The third kappa shape index (κ3) is 4.20. The Labute approximate surface area is 163 Å². The third-order valence-corrected chi connectivity index (χ3v) is 3.99. The molecule has 0 amide bonds. The first-order valence-electron chi connectivity index (χ1n) is 9.08. The number of rotatable bonds is 6. The predicted molar refractivity (Wildman–Crippen MR) is 111 cm³/mol. The molecule has 0 aliphatic carbocycles. The van der Waals surface area contributed by atoms with E-state index in [1.165, 1.54) is 0 Å². The molecule has 0 aliphatic rings. The van der Waals surface area contributed by atoms with Gasteiger partial charge in [0, 0.05) is 11.1 Å².